The van der Waals surface area contributed by atoms with Crippen LogP contribution in [0.5, 0.6) is 11.5 Å². The van der Waals surface area contributed by atoms with Gasteiger partial charge in [0, 0.05) is 23.0 Å². The fourth-order valence-corrected chi connectivity index (χ4v) is 6.58. The summed E-state index contributed by atoms with van der Waals surface area (Å²) in [5.74, 6) is 14.9. The summed E-state index contributed by atoms with van der Waals surface area (Å²) in [6, 6.07) is 11.5. The molecule has 0 atom stereocenters. The van der Waals surface area contributed by atoms with Gasteiger partial charge in [-0.15, -0.1) is 26.3 Å². The molecule has 8 heteroatoms. The van der Waals surface area contributed by atoms with Crippen LogP contribution in [0, 0.1) is 47.4 Å². The van der Waals surface area contributed by atoms with Crippen molar-refractivity contribution in [2.75, 3.05) is 0 Å². The lowest BCUT2D eigenvalue weighted by Crippen LogP contribution is -2.17. The first-order valence-corrected chi connectivity index (χ1v) is 18.2. The Morgan fingerprint density at radius 3 is 1.20 bits per heavy atom. The van der Waals surface area contributed by atoms with Crippen LogP contribution >= 0.6 is 0 Å². The van der Waals surface area contributed by atoms with E-state index in [0.717, 1.165) is 48.6 Å². The normalized spacial score (nSPS) is 20.8. The summed E-state index contributed by atoms with van der Waals surface area (Å²) >= 11 is 0. The Kier molecular flexibility index (Phi) is 17.3. The maximum atomic E-state index is 12.1. The molecule has 0 radical (unpaired) electrons. The van der Waals surface area contributed by atoms with E-state index >= 15 is 0 Å². The molecule has 4 rings (SSSR count). The van der Waals surface area contributed by atoms with E-state index in [2.05, 4.69) is 47.0 Å². The van der Waals surface area contributed by atoms with Gasteiger partial charge in [0.05, 0.1) is 0 Å². The molecule has 0 unspecified atom stereocenters. The molecule has 2 fully saturated rings. The van der Waals surface area contributed by atoms with E-state index in [4.69, 9.17) is 0 Å². The van der Waals surface area contributed by atoms with Crippen LogP contribution in [0.25, 0.3) is 0 Å². The molecule has 2 aromatic carbocycles. The summed E-state index contributed by atoms with van der Waals surface area (Å²) in [4.78, 5) is 0. The van der Waals surface area contributed by atoms with Gasteiger partial charge in [-0.05, 0) is 112 Å². The van der Waals surface area contributed by atoms with Gasteiger partial charge in [0.2, 0.25) is 0 Å². The summed E-state index contributed by atoms with van der Waals surface area (Å²) < 4.78 is 80.4. The number of unbranched alkanes of at least 4 members (excludes halogenated alkanes) is 5. The number of halogens is 6. The molecule has 2 aromatic rings. The zero-order valence-electron chi connectivity index (χ0n) is 29.0. The average molecular weight is 691 g/mol. The van der Waals surface area contributed by atoms with Crippen molar-refractivity contribution >= 4 is 0 Å². The molecule has 0 aliphatic heterocycles. The lowest BCUT2D eigenvalue weighted by atomic mass is 9.80. The molecule has 0 spiro atoms. The zero-order chi connectivity index (χ0) is 35.5. The van der Waals surface area contributed by atoms with Crippen LogP contribution in [0.3, 0.4) is 0 Å². The van der Waals surface area contributed by atoms with Crippen molar-refractivity contribution in [1.29, 1.82) is 0 Å². The molecule has 0 bridgehead atoms. The van der Waals surface area contributed by atoms with Crippen molar-refractivity contribution in [3.05, 3.63) is 59.7 Å². The van der Waals surface area contributed by atoms with Crippen LogP contribution in [0.2, 0.25) is 0 Å². The monoisotopic (exact) mass is 690 g/mol. The number of hydrogen-bond donors (Lipinski definition) is 0. The minimum Gasteiger partial charge on any atom is -0.406 e. The maximum absolute atomic E-state index is 12.1. The van der Waals surface area contributed by atoms with Crippen molar-refractivity contribution < 1.29 is 35.8 Å². The Labute approximate surface area is 289 Å². The first-order chi connectivity index (χ1) is 23.4. The van der Waals surface area contributed by atoms with E-state index in [9.17, 15) is 26.3 Å². The highest BCUT2D eigenvalue weighted by Gasteiger charge is 2.31. The molecule has 0 amide bonds. The number of alkyl halides is 6. The first kappa shape index (κ1) is 40.2. The topological polar surface area (TPSA) is 18.5 Å². The van der Waals surface area contributed by atoms with Crippen LogP contribution in [-0.4, -0.2) is 12.7 Å². The molecule has 0 N–H and O–H groups in total. The van der Waals surface area contributed by atoms with Crippen molar-refractivity contribution in [3.8, 4) is 35.2 Å². The molecule has 2 aliphatic carbocycles. The van der Waals surface area contributed by atoms with Crippen molar-refractivity contribution in [2.24, 2.45) is 23.7 Å². The zero-order valence-corrected chi connectivity index (χ0v) is 29.0. The van der Waals surface area contributed by atoms with Crippen molar-refractivity contribution in [3.63, 3.8) is 0 Å². The Hall–Kier alpha value is -3.26. The third-order valence-corrected chi connectivity index (χ3v) is 9.39. The van der Waals surface area contributed by atoms with E-state index in [-0.39, 0.29) is 11.5 Å². The Morgan fingerprint density at radius 1 is 0.510 bits per heavy atom. The van der Waals surface area contributed by atoms with Gasteiger partial charge in [-0.2, -0.15) is 0 Å². The Bertz CT molecular complexity index is 1310. The second-order valence-electron chi connectivity index (χ2n) is 13.5. The fourth-order valence-electron chi connectivity index (χ4n) is 6.58. The predicted octanol–water partition coefficient (Wildman–Crippen LogP) is 13.0. The van der Waals surface area contributed by atoms with E-state index in [0.29, 0.717) is 11.8 Å². The predicted molar refractivity (Wildman–Crippen MR) is 184 cm³/mol. The molecule has 270 valence electrons. The molecule has 2 saturated carbocycles. The minimum absolute atomic E-state index is 0.207. The van der Waals surface area contributed by atoms with Crippen LogP contribution in [0.15, 0.2) is 48.5 Å². The Morgan fingerprint density at radius 2 is 0.857 bits per heavy atom. The lowest BCUT2D eigenvalue weighted by Gasteiger charge is -2.25. The van der Waals surface area contributed by atoms with Gasteiger partial charge in [-0.1, -0.05) is 95.3 Å². The second-order valence-corrected chi connectivity index (χ2v) is 13.5. The Balaban J connectivity index is 0.000000266. The highest BCUT2D eigenvalue weighted by molar-refractivity contribution is 5.39. The third kappa shape index (κ3) is 17.8. The molecule has 0 aromatic heterocycles. The van der Waals surface area contributed by atoms with Crippen LogP contribution < -0.4 is 9.47 Å². The van der Waals surface area contributed by atoms with Gasteiger partial charge < -0.3 is 9.47 Å². The molecular weight excluding hydrogens is 638 g/mol. The number of ether oxygens (including phenoxy) is 2. The van der Waals surface area contributed by atoms with Crippen LogP contribution in [0.1, 0.15) is 134 Å². The molecular formula is C41H52F6O2. The van der Waals surface area contributed by atoms with Crippen molar-refractivity contribution in [2.45, 2.75) is 136 Å². The molecule has 49 heavy (non-hydrogen) atoms. The van der Waals surface area contributed by atoms with E-state index in [1.54, 1.807) is 24.3 Å². The summed E-state index contributed by atoms with van der Waals surface area (Å²) in [6.07, 6.45) is 12.2. The molecule has 2 nitrogen and oxygen atoms in total. The summed E-state index contributed by atoms with van der Waals surface area (Å²) in [5.41, 5.74) is 1.46. The highest BCUT2D eigenvalue weighted by Crippen LogP contribution is 2.33. The SMILES string of the molecule is CCCCCC[C@H]1CC[C@H](C#Cc2ccc(OC(F)(F)F)cc2)CC1.CCCCC[C@H]1CC[C@H](C#Cc2ccc(OC(F)(F)F)cc2)CC1. The second kappa shape index (κ2) is 21.1. The molecule has 0 heterocycles. The fraction of sp³-hybridized carbons (Fsp3) is 0.610. The first-order valence-electron chi connectivity index (χ1n) is 18.2. The number of benzene rings is 2. The lowest BCUT2D eigenvalue weighted by molar-refractivity contribution is -0.275. The largest absolute Gasteiger partial charge is 0.573 e. The summed E-state index contributed by atoms with van der Waals surface area (Å²) in [5, 5.41) is 0. The molecule has 0 saturated heterocycles. The van der Waals surface area contributed by atoms with E-state index in [1.165, 1.54) is 108 Å². The van der Waals surface area contributed by atoms with Gasteiger partial charge >= 0.3 is 12.7 Å². The summed E-state index contributed by atoms with van der Waals surface area (Å²) in [7, 11) is 0. The van der Waals surface area contributed by atoms with E-state index < -0.39 is 12.7 Å². The van der Waals surface area contributed by atoms with Gasteiger partial charge in [0.25, 0.3) is 0 Å². The average Bonchev–Trinajstić information content (AvgIpc) is 3.06. The van der Waals surface area contributed by atoms with Gasteiger partial charge in [-0.25, -0.2) is 0 Å². The summed E-state index contributed by atoms with van der Waals surface area (Å²) in [6.45, 7) is 4.47. The number of hydrogen-bond acceptors (Lipinski definition) is 2. The van der Waals surface area contributed by atoms with Gasteiger partial charge in [-0.3, -0.25) is 0 Å². The van der Waals surface area contributed by atoms with Gasteiger partial charge in [0.1, 0.15) is 11.5 Å². The van der Waals surface area contributed by atoms with Crippen LogP contribution in [-0.2, 0) is 0 Å². The smallest absolute Gasteiger partial charge is 0.406 e. The van der Waals surface area contributed by atoms with Crippen LogP contribution in [0.4, 0.5) is 26.3 Å². The molecule has 2 aliphatic rings. The maximum Gasteiger partial charge on any atom is 0.573 e. The van der Waals surface area contributed by atoms with Gasteiger partial charge in [0.15, 0.2) is 0 Å². The van der Waals surface area contributed by atoms with Crippen molar-refractivity contribution in [1.82, 2.24) is 0 Å². The number of rotatable bonds is 11. The third-order valence-electron chi connectivity index (χ3n) is 9.39. The quantitative estimate of drug-likeness (QED) is 0.133. The standard InChI is InChI=1S/C21H27F3O.C20H25F3O/c1-2-3-4-5-6-17-7-9-18(10-8-17)11-12-19-13-15-20(16-14-19)25-21(22,23)24;1-2-3-4-5-16-6-8-17(9-7-16)10-11-18-12-14-19(15-13-18)24-20(21,22)23/h13-18H,2-10H2,1H3;12-17H,2-9H2,1H3/t17-,18-;16-,17-. The van der Waals surface area contributed by atoms with E-state index in [1.807, 2.05) is 0 Å². The minimum atomic E-state index is -4.65. The highest BCUT2D eigenvalue weighted by atomic mass is 19.4.